The van der Waals surface area contributed by atoms with Crippen molar-refractivity contribution < 1.29 is 4.79 Å². The van der Waals surface area contributed by atoms with Gasteiger partial charge in [0.1, 0.15) is 0 Å². The van der Waals surface area contributed by atoms with Crippen LogP contribution < -0.4 is 0 Å². The summed E-state index contributed by atoms with van der Waals surface area (Å²) in [5, 5.41) is 0. The van der Waals surface area contributed by atoms with E-state index in [0.717, 1.165) is 12.0 Å². The van der Waals surface area contributed by atoms with Crippen LogP contribution in [0.1, 0.15) is 6.42 Å². The molecule has 0 aromatic carbocycles. The Morgan fingerprint density at radius 3 is 2.23 bits per heavy atom. The molecule has 0 aromatic heterocycles. The van der Waals surface area contributed by atoms with Gasteiger partial charge < -0.3 is 4.90 Å². The number of amides is 1. The molecule has 2 heteroatoms. The van der Waals surface area contributed by atoms with Crippen molar-refractivity contribution in [3.05, 3.63) is 37.5 Å². The lowest BCUT2D eigenvalue weighted by atomic mass is 10.3. The van der Waals surface area contributed by atoms with Gasteiger partial charge in [0, 0.05) is 13.1 Å². The maximum absolute atomic E-state index is 11.7. The summed E-state index contributed by atoms with van der Waals surface area (Å²) in [5.74, 6) is 0.227. The molecule has 1 atom stereocenters. The number of rotatable bonds is 5. The van der Waals surface area contributed by atoms with E-state index in [9.17, 15) is 4.79 Å². The van der Waals surface area contributed by atoms with Crippen LogP contribution in [0.3, 0.4) is 0 Å². The first-order valence-electron chi connectivity index (χ1n) is 4.39. The number of hydrogen-bond acceptors (Lipinski definition) is 1. The highest BCUT2D eigenvalue weighted by molar-refractivity contribution is 5.86. The number of carbonyl (C=O) groups is 1. The van der Waals surface area contributed by atoms with Crippen molar-refractivity contribution in [2.24, 2.45) is 5.92 Å². The van der Waals surface area contributed by atoms with E-state index in [2.05, 4.69) is 19.7 Å². The normalized spacial score (nSPS) is 19.4. The van der Waals surface area contributed by atoms with Gasteiger partial charge in [-0.05, 0) is 6.42 Å². The van der Waals surface area contributed by atoms with Gasteiger partial charge in [-0.2, -0.15) is 0 Å². The van der Waals surface area contributed by atoms with E-state index in [1.807, 2.05) is 0 Å². The number of nitrogens with zero attached hydrogens (tertiary/aromatic N) is 1. The molecule has 70 valence electrons. The number of hydrogen-bond donors (Lipinski definition) is 0. The van der Waals surface area contributed by atoms with Gasteiger partial charge in [-0.25, -0.2) is 0 Å². The van der Waals surface area contributed by atoms with Crippen LogP contribution in [0.25, 0.3) is 0 Å². The number of carbonyl (C=O) groups excluding carboxylic acids is 1. The highest BCUT2D eigenvalue weighted by Gasteiger charge is 2.36. The minimum atomic E-state index is 0.0694. The molecule has 0 saturated heterocycles. The Morgan fingerprint density at radius 2 is 1.92 bits per heavy atom. The summed E-state index contributed by atoms with van der Waals surface area (Å²) in [4.78, 5) is 13.4. The predicted molar refractivity (Wildman–Crippen MR) is 54.2 cm³/mol. The molecule has 13 heavy (non-hydrogen) atoms. The van der Waals surface area contributed by atoms with Crippen molar-refractivity contribution in [2.45, 2.75) is 6.42 Å². The van der Waals surface area contributed by atoms with Crippen molar-refractivity contribution >= 4 is 5.91 Å². The lowest BCUT2D eigenvalue weighted by Gasteiger charge is -2.18. The lowest BCUT2D eigenvalue weighted by molar-refractivity contribution is -0.131. The van der Waals surface area contributed by atoms with Gasteiger partial charge in [-0.1, -0.05) is 24.3 Å². The second kappa shape index (κ2) is 4.08. The van der Waals surface area contributed by atoms with E-state index in [-0.39, 0.29) is 11.8 Å². The quantitative estimate of drug-likeness (QED) is 0.586. The van der Waals surface area contributed by atoms with Crippen LogP contribution in [0, 0.1) is 5.92 Å². The van der Waals surface area contributed by atoms with Gasteiger partial charge in [0.05, 0.1) is 5.92 Å². The molecule has 0 aliphatic heterocycles. The maximum atomic E-state index is 11.7. The molecule has 0 radical (unpaired) electrons. The summed E-state index contributed by atoms with van der Waals surface area (Å²) >= 11 is 0. The molecule has 1 amide bonds. The van der Waals surface area contributed by atoms with Crippen LogP contribution in [0.4, 0.5) is 0 Å². The van der Waals surface area contributed by atoms with E-state index in [4.69, 9.17) is 0 Å². The van der Waals surface area contributed by atoms with Crippen LogP contribution in [0.2, 0.25) is 0 Å². The second-order valence-corrected chi connectivity index (χ2v) is 3.24. The molecule has 0 aromatic rings. The minimum absolute atomic E-state index is 0.0694. The van der Waals surface area contributed by atoms with Gasteiger partial charge in [0.2, 0.25) is 5.91 Å². The van der Waals surface area contributed by atoms with Crippen molar-refractivity contribution in [1.29, 1.82) is 0 Å². The third-order valence-electron chi connectivity index (χ3n) is 2.11. The fraction of sp³-hybridized carbons (Fsp3) is 0.364. The monoisotopic (exact) mass is 177 g/mol. The molecular weight excluding hydrogens is 162 g/mol. The van der Waals surface area contributed by atoms with Gasteiger partial charge in [0.15, 0.2) is 0 Å². The topological polar surface area (TPSA) is 20.3 Å². The Kier molecular flexibility index (Phi) is 3.07. The largest absolute Gasteiger partial charge is 0.335 e. The average Bonchev–Trinajstić information content (AvgIpc) is 2.81. The Hall–Kier alpha value is -1.31. The van der Waals surface area contributed by atoms with Crippen LogP contribution >= 0.6 is 0 Å². The summed E-state index contributed by atoms with van der Waals surface area (Å²) in [6.45, 7) is 12.2. The Bertz CT molecular complexity index is 245. The first-order chi connectivity index (χ1) is 6.20. The first kappa shape index (κ1) is 9.78. The van der Waals surface area contributed by atoms with Gasteiger partial charge in [-0.15, -0.1) is 13.2 Å². The van der Waals surface area contributed by atoms with Gasteiger partial charge in [0.25, 0.3) is 0 Å². The van der Waals surface area contributed by atoms with Gasteiger partial charge in [-0.3, -0.25) is 4.79 Å². The molecular formula is C11H15NO. The van der Waals surface area contributed by atoms with E-state index in [0.29, 0.717) is 13.1 Å². The summed E-state index contributed by atoms with van der Waals surface area (Å²) in [7, 11) is 0. The smallest absolute Gasteiger partial charge is 0.230 e. The average molecular weight is 177 g/mol. The Labute approximate surface area is 79.2 Å². The van der Waals surface area contributed by atoms with Crippen LogP contribution in [0.15, 0.2) is 37.5 Å². The molecule has 1 fully saturated rings. The van der Waals surface area contributed by atoms with Crippen molar-refractivity contribution in [1.82, 2.24) is 4.90 Å². The zero-order chi connectivity index (χ0) is 9.84. The van der Waals surface area contributed by atoms with Crippen molar-refractivity contribution in [3.63, 3.8) is 0 Å². The van der Waals surface area contributed by atoms with E-state index in [1.165, 1.54) is 0 Å². The van der Waals surface area contributed by atoms with Crippen molar-refractivity contribution in [2.75, 3.05) is 13.1 Å². The summed E-state index contributed by atoms with van der Waals surface area (Å²) in [6.07, 6.45) is 4.31. The maximum Gasteiger partial charge on any atom is 0.230 e. The van der Waals surface area contributed by atoms with Crippen LogP contribution in [-0.4, -0.2) is 23.9 Å². The molecule has 0 bridgehead atoms. The highest BCUT2D eigenvalue weighted by Crippen LogP contribution is 2.37. The summed E-state index contributed by atoms with van der Waals surface area (Å²) in [5.41, 5.74) is 1.04. The summed E-state index contributed by atoms with van der Waals surface area (Å²) < 4.78 is 0. The van der Waals surface area contributed by atoms with E-state index in [1.54, 1.807) is 17.1 Å². The second-order valence-electron chi connectivity index (χ2n) is 3.24. The van der Waals surface area contributed by atoms with Crippen molar-refractivity contribution in [3.8, 4) is 0 Å². The Morgan fingerprint density at radius 1 is 1.46 bits per heavy atom. The zero-order valence-electron chi connectivity index (χ0n) is 7.83. The molecule has 0 N–H and O–H groups in total. The molecule has 1 unspecified atom stereocenters. The zero-order valence-corrected chi connectivity index (χ0v) is 7.83. The summed E-state index contributed by atoms with van der Waals surface area (Å²) in [6, 6.07) is 0. The molecule has 2 nitrogen and oxygen atoms in total. The van der Waals surface area contributed by atoms with E-state index >= 15 is 0 Å². The van der Waals surface area contributed by atoms with Crippen LogP contribution in [0.5, 0.6) is 0 Å². The molecule has 0 spiro atoms. The SMILES string of the molecule is C=CCN(CC=C)C(=O)C1CC1=C. The lowest BCUT2D eigenvalue weighted by Crippen LogP contribution is -2.32. The fourth-order valence-electron chi connectivity index (χ4n) is 1.25. The first-order valence-corrected chi connectivity index (χ1v) is 4.39. The molecule has 0 heterocycles. The predicted octanol–water partition coefficient (Wildman–Crippen LogP) is 1.76. The minimum Gasteiger partial charge on any atom is -0.335 e. The van der Waals surface area contributed by atoms with Crippen LogP contribution in [-0.2, 0) is 4.79 Å². The van der Waals surface area contributed by atoms with Gasteiger partial charge >= 0.3 is 0 Å². The molecule has 1 saturated carbocycles. The third-order valence-corrected chi connectivity index (χ3v) is 2.11. The third kappa shape index (κ3) is 2.31. The fourth-order valence-corrected chi connectivity index (χ4v) is 1.25. The Balaban J connectivity index is 2.52. The van der Waals surface area contributed by atoms with E-state index < -0.39 is 0 Å². The highest BCUT2D eigenvalue weighted by atomic mass is 16.2. The molecule has 1 aliphatic rings. The molecule has 1 rings (SSSR count). The molecule has 1 aliphatic carbocycles. The standard InChI is InChI=1S/C11H15NO/c1-4-6-12(7-5-2)11(13)10-8-9(10)3/h4-5,10H,1-3,6-8H2.